The van der Waals surface area contributed by atoms with Crippen molar-refractivity contribution in [3.63, 3.8) is 0 Å². The van der Waals surface area contributed by atoms with Crippen molar-refractivity contribution in [2.24, 2.45) is 5.16 Å². The van der Waals surface area contributed by atoms with Gasteiger partial charge in [0, 0.05) is 39.6 Å². The molecule has 0 amide bonds. The fourth-order valence-electron chi connectivity index (χ4n) is 4.64. The van der Waals surface area contributed by atoms with Gasteiger partial charge in [-0.2, -0.15) is 0 Å². The maximum absolute atomic E-state index is 13.3. The number of Topliss-reactive ketones (excluding diaryl/α,β-unsaturated/α-hetero) is 1. The van der Waals surface area contributed by atoms with Crippen LogP contribution in [0.4, 0.5) is 0 Å². The van der Waals surface area contributed by atoms with E-state index in [1.165, 1.54) is 0 Å². The van der Waals surface area contributed by atoms with E-state index in [0.29, 0.717) is 49.4 Å². The third-order valence-electron chi connectivity index (χ3n) is 7.43. The van der Waals surface area contributed by atoms with E-state index in [-0.39, 0.29) is 17.3 Å². The minimum atomic E-state index is -0.878. The highest BCUT2D eigenvalue weighted by Crippen LogP contribution is 2.29. The monoisotopic (exact) mass is 586 g/mol. The van der Waals surface area contributed by atoms with E-state index < -0.39 is 11.5 Å². The van der Waals surface area contributed by atoms with Gasteiger partial charge in [-0.3, -0.25) is 14.5 Å². The lowest BCUT2D eigenvalue weighted by Crippen LogP contribution is -2.54. The van der Waals surface area contributed by atoms with Crippen molar-refractivity contribution in [3.8, 4) is 0 Å². The summed E-state index contributed by atoms with van der Waals surface area (Å²) in [5.41, 5.74) is 2.14. The van der Waals surface area contributed by atoms with E-state index in [4.69, 9.17) is 9.57 Å². The van der Waals surface area contributed by atoms with E-state index in [1.54, 1.807) is 37.7 Å². The number of ketones is 2. The first-order valence-electron chi connectivity index (χ1n) is 14.3. The van der Waals surface area contributed by atoms with Crippen LogP contribution in [-0.2, 0) is 14.4 Å². The van der Waals surface area contributed by atoms with Gasteiger partial charge in [-0.25, -0.2) is 4.79 Å². The van der Waals surface area contributed by atoms with Crippen LogP contribution in [0.5, 0.6) is 0 Å². The summed E-state index contributed by atoms with van der Waals surface area (Å²) in [6, 6.07) is 22.4. The summed E-state index contributed by atoms with van der Waals surface area (Å²) in [5, 5.41) is 4.07. The summed E-state index contributed by atoms with van der Waals surface area (Å²) in [5.74, 6) is -0.746. The van der Waals surface area contributed by atoms with Gasteiger partial charge in [-0.15, -0.1) is 0 Å². The number of hydrogen-bond donors (Lipinski definition) is 0. The number of carbonyl (C=O) groups excluding carboxylic acids is 3. The Kier molecular flexibility index (Phi) is 10.8. The van der Waals surface area contributed by atoms with Crippen LogP contribution in [0, 0.1) is 6.92 Å². The van der Waals surface area contributed by atoms with Gasteiger partial charge >= 0.3 is 5.97 Å². The molecule has 0 aromatic heterocycles. The topological polar surface area (TPSA) is 85.3 Å². The summed E-state index contributed by atoms with van der Waals surface area (Å²) in [7, 11) is 0. The SMILES string of the molecule is CCCCC(=NOC(=O)C(C)(C)N1CCOCC1)C(=O)c1ccc(Sc2ccc(C(=O)c3ccccc3C)cc2)cc1. The summed E-state index contributed by atoms with van der Waals surface area (Å²) in [4.78, 5) is 48.4. The number of unbranched alkanes of at least 4 members (excludes halogenated alkanes) is 1. The molecule has 1 fully saturated rings. The molecule has 1 saturated heterocycles. The van der Waals surface area contributed by atoms with Gasteiger partial charge in [0.15, 0.2) is 5.78 Å². The van der Waals surface area contributed by atoms with Crippen LogP contribution in [0.3, 0.4) is 0 Å². The van der Waals surface area contributed by atoms with Crippen molar-refractivity contribution in [1.29, 1.82) is 0 Å². The van der Waals surface area contributed by atoms with Crippen molar-refractivity contribution in [3.05, 3.63) is 95.1 Å². The van der Waals surface area contributed by atoms with Gasteiger partial charge < -0.3 is 9.57 Å². The molecule has 0 aliphatic carbocycles. The molecule has 0 N–H and O–H groups in total. The molecule has 0 radical (unpaired) electrons. The molecular formula is C34H38N2O5S. The van der Waals surface area contributed by atoms with E-state index >= 15 is 0 Å². The van der Waals surface area contributed by atoms with Crippen LogP contribution in [0.1, 0.15) is 71.9 Å². The number of ether oxygens (including phenoxy) is 1. The molecule has 3 aromatic rings. The average molecular weight is 587 g/mol. The Morgan fingerprint density at radius 2 is 1.50 bits per heavy atom. The van der Waals surface area contributed by atoms with Crippen LogP contribution in [-0.4, -0.2) is 60.0 Å². The highest BCUT2D eigenvalue weighted by molar-refractivity contribution is 7.99. The van der Waals surface area contributed by atoms with E-state index in [0.717, 1.165) is 28.2 Å². The molecule has 0 unspecified atom stereocenters. The van der Waals surface area contributed by atoms with Gasteiger partial charge in [-0.1, -0.05) is 54.5 Å². The molecule has 0 atom stereocenters. The summed E-state index contributed by atoms with van der Waals surface area (Å²) < 4.78 is 5.39. The fourth-order valence-corrected chi connectivity index (χ4v) is 5.46. The number of benzene rings is 3. The predicted octanol–water partition coefficient (Wildman–Crippen LogP) is 6.76. The number of carbonyl (C=O) groups is 3. The number of rotatable bonds is 12. The van der Waals surface area contributed by atoms with Crippen molar-refractivity contribution < 1.29 is 24.0 Å². The van der Waals surface area contributed by atoms with Crippen molar-refractivity contribution in [2.75, 3.05) is 26.3 Å². The Bertz CT molecular complexity index is 1430. The van der Waals surface area contributed by atoms with Crippen LogP contribution < -0.4 is 0 Å². The van der Waals surface area contributed by atoms with Crippen LogP contribution in [0.25, 0.3) is 0 Å². The van der Waals surface area contributed by atoms with Crippen molar-refractivity contribution in [2.45, 2.75) is 62.3 Å². The molecule has 42 heavy (non-hydrogen) atoms. The maximum Gasteiger partial charge on any atom is 0.354 e. The third-order valence-corrected chi connectivity index (χ3v) is 8.44. The normalized spacial score (nSPS) is 14.4. The molecule has 1 aliphatic rings. The molecule has 1 heterocycles. The zero-order valence-electron chi connectivity index (χ0n) is 24.7. The Hall–Kier alpha value is -3.59. The number of aryl methyl sites for hydroxylation is 1. The van der Waals surface area contributed by atoms with E-state index in [2.05, 4.69) is 5.16 Å². The minimum absolute atomic E-state index is 0.00314. The predicted molar refractivity (Wildman–Crippen MR) is 165 cm³/mol. The van der Waals surface area contributed by atoms with Gasteiger partial charge in [-0.05, 0) is 87.7 Å². The smallest absolute Gasteiger partial charge is 0.354 e. The zero-order chi connectivity index (χ0) is 30.1. The maximum atomic E-state index is 13.3. The number of hydrogen-bond acceptors (Lipinski definition) is 8. The molecule has 8 heteroatoms. The molecule has 4 rings (SSSR count). The second-order valence-corrected chi connectivity index (χ2v) is 11.9. The molecule has 7 nitrogen and oxygen atoms in total. The lowest BCUT2D eigenvalue weighted by molar-refractivity contribution is -0.159. The first-order valence-corrected chi connectivity index (χ1v) is 15.2. The summed E-state index contributed by atoms with van der Waals surface area (Å²) in [6.45, 7) is 9.96. The molecule has 220 valence electrons. The number of morpholine rings is 1. The molecule has 0 bridgehead atoms. The Morgan fingerprint density at radius 1 is 0.905 bits per heavy atom. The van der Waals surface area contributed by atoms with Crippen LogP contribution in [0.2, 0.25) is 0 Å². The zero-order valence-corrected chi connectivity index (χ0v) is 25.5. The van der Waals surface area contributed by atoms with E-state index in [1.807, 2.05) is 79.4 Å². The molecule has 3 aromatic carbocycles. The average Bonchev–Trinajstić information content (AvgIpc) is 3.01. The third kappa shape index (κ3) is 7.82. The molecular weight excluding hydrogens is 548 g/mol. The Balaban J connectivity index is 1.41. The van der Waals surface area contributed by atoms with E-state index in [9.17, 15) is 14.4 Å². The van der Waals surface area contributed by atoms with Gasteiger partial charge in [0.1, 0.15) is 11.3 Å². The highest BCUT2D eigenvalue weighted by Gasteiger charge is 2.37. The van der Waals surface area contributed by atoms with Gasteiger partial charge in [0.25, 0.3) is 0 Å². The Morgan fingerprint density at radius 3 is 2.10 bits per heavy atom. The summed E-state index contributed by atoms with van der Waals surface area (Å²) >= 11 is 1.54. The minimum Gasteiger partial charge on any atom is -0.379 e. The number of nitrogens with zero attached hydrogens (tertiary/aromatic N) is 2. The first-order chi connectivity index (χ1) is 20.2. The standard InChI is InChI=1S/C34H38N2O5S/c1-5-6-11-30(35-41-33(39)34(3,4)36-20-22-40-23-21-36)32(38)26-14-18-28(19-15-26)42-27-16-12-25(13-17-27)31(37)29-10-8-7-9-24(29)2/h7-10,12-19H,5-6,11,20-23H2,1-4H3. The van der Waals surface area contributed by atoms with Crippen molar-refractivity contribution >= 4 is 35.0 Å². The van der Waals surface area contributed by atoms with Crippen LogP contribution >= 0.6 is 11.8 Å². The highest BCUT2D eigenvalue weighted by atomic mass is 32.2. The van der Waals surface area contributed by atoms with Gasteiger partial charge in [0.2, 0.25) is 5.78 Å². The number of oxime groups is 1. The summed E-state index contributed by atoms with van der Waals surface area (Å²) in [6.07, 6.45) is 2.06. The lowest BCUT2D eigenvalue weighted by Gasteiger charge is -2.37. The lowest BCUT2D eigenvalue weighted by atomic mass is 9.99. The second kappa shape index (κ2) is 14.5. The van der Waals surface area contributed by atoms with Gasteiger partial charge in [0.05, 0.1) is 13.2 Å². The van der Waals surface area contributed by atoms with Crippen LogP contribution in [0.15, 0.2) is 87.7 Å². The molecule has 0 spiro atoms. The molecule has 1 aliphatic heterocycles. The fraction of sp³-hybridized carbons (Fsp3) is 0.353. The van der Waals surface area contributed by atoms with Crippen molar-refractivity contribution in [1.82, 2.24) is 4.90 Å². The molecule has 0 saturated carbocycles. The first kappa shape index (κ1) is 31.3. The second-order valence-electron chi connectivity index (χ2n) is 10.8. The Labute approximate surface area is 252 Å². The largest absolute Gasteiger partial charge is 0.379 e. The quantitative estimate of drug-likeness (QED) is 0.100.